The highest BCUT2D eigenvalue weighted by molar-refractivity contribution is 6.03. The fourth-order valence-electron chi connectivity index (χ4n) is 3.12. The number of rotatable bonds is 7. The Bertz CT molecular complexity index is 580. The Balaban J connectivity index is 1.95. The van der Waals surface area contributed by atoms with Crippen molar-refractivity contribution in [3.8, 4) is 0 Å². The molecule has 2 rings (SSSR count). The molecule has 5 heteroatoms. The molecule has 0 saturated carbocycles. The van der Waals surface area contributed by atoms with E-state index in [-0.39, 0.29) is 11.8 Å². The Hall–Kier alpha value is -2.14. The summed E-state index contributed by atoms with van der Waals surface area (Å²) in [6.45, 7) is 8.18. The van der Waals surface area contributed by atoms with Crippen LogP contribution in [0.4, 0.5) is 5.69 Å². The van der Waals surface area contributed by atoms with Gasteiger partial charge in [-0.3, -0.25) is 9.59 Å². The number of piperidine rings is 1. The lowest BCUT2D eigenvalue weighted by Gasteiger charge is -2.28. The third-order valence-electron chi connectivity index (χ3n) is 4.55. The van der Waals surface area contributed by atoms with Crippen molar-refractivity contribution in [3.05, 3.63) is 42.5 Å². The second-order valence-corrected chi connectivity index (χ2v) is 6.36. The normalized spacial score (nSPS) is 16.2. The number of para-hydroxylation sites is 1. The van der Waals surface area contributed by atoms with Gasteiger partial charge in [0.25, 0.3) is 5.91 Å². The smallest absolute Gasteiger partial charge is 0.253 e. The molecule has 3 N–H and O–H groups in total. The lowest BCUT2D eigenvalue weighted by Crippen LogP contribution is -2.32. The number of nitrogens with one attached hydrogen (secondary N) is 3. The Morgan fingerprint density at radius 2 is 2.04 bits per heavy atom. The molecule has 1 fully saturated rings. The molecule has 1 atom stereocenters. The average Bonchev–Trinajstić information content (AvgIpc) is 2.60. The first kappa shape index (κ1) is 18.2. The zero-order valence-electron chi connectivity index (χ0n) is 14.3. The second kappa shape index (κ2) is 9.23. The number of benzene rings is 1. The molecule has 0 bridgehead atoms. The molecule has 0 aliphatic carbocycles. The number of hydrogen-bond donors (Lipinski definition) is 3. The first-order valence-electron chi connectivity index (χ1n) is 8.60. The largest absolute Gasteiger partial charge is 0.349 e. The van der Waals surface area contributed by atoms with E-state index in [9.17, 15) is 9.59 Å². The zero-order valence-corrected chi connectivity index (χ0v) is 14.3. The Morgan fingerprint density at radius 1 is 1.33 bits per heavy atom. The monoisotopic (exact) mass is 329 g/mol. The first-order chi connectivity index (χ1) is 11.6. The molecular formula is C19H27N3O2. The number of anilines is 1. The van der Waals surface area contributed by atoms with Gasteiger partial charge in [0, 0.05) is 13.0 Å². The maximum atomic E-state index is 12.4. The summed E-state index contributed by atoms with van der Waals surface area (Å²) in [6, 6.07) is 7.08. The number of hydrogen-bond acceptors (Lipinski definition) is 3. The maximum absolute atomic E-state index is 12.4. The number of carbonyl (C=O) groups excluding carboxylic acids is 2. The molecule has 1 aliphatic heterocycles. The van der Waals surface area contributed by atoms with Crippen LogP contribution in [0.25, 0.3) is 0 Å². The standard InChI is InChI=1S/C19H27N3O2/c1-3-10-21-19(24)16-6-4-5-7-17(16)22-18(23)13-14(2)15-8-11-20-12-9-15/h3-7,14-15,20H,1,8-13H2,2H3,(H,21,24)(H,22,23). The van der Waals surface area contributed by atoms with Crippen molar-refractivity contribution in [3.63, 3.8) is 0 Å². The molecule has 0 radical (unpaired) electrons. The minimum Gasteiger partial charge on any atom is -0.349 e. The van der Waals surface area contributed by atoms with E-state index in [4.69, 9.17) is 0 Å². The summed E-state index contributed by atoms with van der Waals surface area (Å²) >= 11 is 0. The van der Waals surface area contributed by atoms with Crippen molar-refractivity contribution in [1.29, 1.82) is 0 Å². The molecule has 0 aromatic heterocycles. The van der Waals surface area contributed by atoms with Crippen LogP contribution in [-0.2, 0) is 4.79 Å². The van der Waals surface area contributed by atoms with Gasteiger partial charge in [0.1, 0.15) is 0 Å². The topological polar surface area (TPSA) is 70.2 Å². The van der Waals surface area contributed by atoms with E-state index in [0.717, 1.165) is 25.9 Å². The SMILES string of the molecule is C=CCNC(=O)c1ccccc1NC(=O)CC(C)C1CCNCC1. The molecule has 0 spiro atoms. The van der Waals surface area contributed by atoms with Crippen molar-refractivity contribution < 1.29 is 9.59 Å². The van der Waals surface area contributed by atoms with Gasteiger partial charge in [-0.25, -0.2) is 0 Å². The van der Waals surface area contributed by atoms with Crippen LogP contribution in [-0.4, -0.2) is 31.4 Å². The minimum atomic E-state index is -0.211. The van der Waals surface area contributed by atoms with E-state index in [1.807, 2.05) is 6.07 Å². The molecule has 1 saturated heterocycles. The summed E-state index contributed by atoms with van der Waals surface area (Å²) in [6.07, 6.45) is 4.34. The highest BCUT2D eigenvalue weighted by Crippen LogP contribution is 2.25. The maximum Gasteiger partial charge on any atom is 0.253 e. The summed E-state index contributed by atoms with van der Waals surface area (Å²) in [7, 11) is 0. The predicted octanol–water partition coefficient (Wildman–Crippen LogP) is 2.57. The van der Waals surface area contributed by atoms with Crippen LogP contribution in [0, 0.1) is 11.8 Å². The molecule has 1 aliphatic rings. The summed E-state index contributed by atoms with van der Waals surface area (Å²) < 4.78 is 0. The van der Waals surface area contributed by atoms with Crippen molar-refractivity contribution in [1.82, 2.24) is 10.6 Å². The van der Waals surface area contributed by atoms with Crippen molar-refractivity contribution in [2.75, 3.05) is 25.0 Å². The lowest BCUT2D eigenvalue weighted by atomic mass is 9.84. The highest BCUT2D eigenvalue weighted by Gasteiger charge is 2.22. The van der Waals surface area contributed by atoms with Crippen LogP contribution in [0.1, 0.15) is 36.5 Å². The fourth-order valence-corrected chi connectivity index (χ4v) is 3.12. The van der Waals surface area contributed by atoms with Crippen LogP contribution in [0.2, 0.25) is 0 Å². The van der Waals surface area contributed by atoms with Crippen molar-refractivity contribution in [2.24, 2.45) is 11.8 Å². The average molecular weight is 329 g/mol. The third-order valence-corrected chi connectivity index (χ3v) is 4.55. The third kappa shape index (κ3) is 5.20. The fraction of sp³-hybridized carbons (Fsp3) is 0.474. The lowest BCUT2D eigenvalue weighted by molar-refractivity contribution is -0.117. The molecule has 130 valence electrons. The van der Waals surface area contributed by atoms with Crippen molar-refractivity contribution >= 4 is 17.5 Å². The summed E-state index contributed by atoms with van der Waals surface area (Å²) in [4.78, 5) is 24.5. The molecule has 2 amide bonds. The summed E-state index contributed by atoms with van der Waals surface area (Å²) in [5, 5.41) is 8.98. The molecule has 1 aromatic carbocycles. The second-order valence-electron chi connectivity index (χ2n) is 6.36. The molecule has 1 heterocycles. The Morgan fingerprint density at radius 3 is 2.75 bits per heavy atom. The van der Waals surface area contributed by atoms with E-state index >= 15 is 0 Å². The molecule has 5 nitrogen and oxygen atoms in total. The van der Waals surface area contributed by atoms with Crippen LogP contribution in [0.5, 0.6) is 0 Å². The van der Waals surface area contributed by atoms with Gasteiger partial charge in [0.2, 0.25) is 5.91 Å². The molecular weight excluding hydrogens is 302 g/mol. The van der Waals surface area contributed by atoms with E-state index < -0.39 is 0 Å². The van der Waals surface area contributed by atoms with Gasteiger partial charge in [-0.05, 0) is 49.9 Å². The van der Waals surface area contributed by atoms with Crippen molar-refractivity contribution in [2.45, 2.75) is 26.2 Å². The van der Waals surface area contributed by atoms with Crippen LogP contribution in [0.15, 0.2) is 36.9 Å². The summed E-state index contributed by atoms with van der Waals surface area (Å²) in [5.41, 5.74) is 1.03. The first-order valence-corrected chi connectivity index (χ1v) is 8.60. The van der Waals surface area contributed by atoms with E-state index in [1.165, 1.54) is 0 Å². The minimum absolute atomic E-state index is 0.0370. The summed E-state index contributed by atoms with van der Waals surface area (Å²) in [5.74, 6) is 0.680. The van der Waals surface area contributed by atoms with E-state index in [2.05, 4.69) is 29.5 Å². The van der Waals surface area contributed by atoms with Gasteiger partial charge in [-0.1, -0.05) is 25.1 Å². The van der Waals surface area contributed by atoms with Gasteiger partial charge in [-0.15, -0.1) is 6.58 Å². The molecule has 1 unspecified atom stereocenters. The predicted molar refractivity (Wildman–Crippen MR) is 97.0 cm³/mol. The van der Waals surface area contributed by atoms with Gasteiger partial charge in [0.15, 0.2) is 0 Å². The quantitative estimate of drug-likeness (QED) is 0.673. The number of carbonyl (C=O) groups is 2. The van der Waals surface area contributed by atoms with Crippen LogP contribution in [0.3, 0.4) is 0 Å². The van der Waals surface area contributed by atoms with Crippen LogP contribution < -0.4 is 16.0 Å². The van der Waals surface area contributed by atoms with Gasteiger partial charge < -0.3 is 16.0 Å². The highest BCUT2D eigenvalue weighted by atomic mass is 16.2. The van der Waals surface area contributed by atoms with E-state index in [1.54, 1.807) is 24.3 Å². The Kier molecular flexibility index (Phi) is 7.00. The van der Waals surface area contributed by atoms with Gasteiger partial charge in [0.05, 0.1) is 11.3 Å². The Labute approximate surface area is 143 Å². The molecule has 24 heavy (non-hydrogen) atoms. The van der Waals surface area contributed by atoms with Crippen LogP contribution >= 0.6 is 0 Å². The van der Waals surface area contributed by atoms with Gasteiger partial charge in [-0.2, -0.15) is 0 Å². The van der Waals surface area contributed by atoms with Gasteiger partial charge >= 0.3 is 0 Å². The zero-order chi connectivity index (χ0) is 17.4. The number of amides is 2. The van der Waals surface area contributed by atoms with E-state index in [0.29, 0.717) is 36.1 Å². The molecule has 1 aromatic rings.